The van der Waals surface area contributed by atoms with E-state index >= 15 is 0 Å². The maximum absolute atomic E-state index is 14.6. The summed E-state index contributed by atoms with van der Waals surface area (Å²) in [6.07, 6.45) is 9.12. The molecule has 3 fully saturated rings. The molecule has 3 N–H and O–H groups in total. The van der Waals surface area contributed by atoms with Gasteiger partial charge in [-0.05, 0) is 77.0 Å². The smallest absolute Gasteiger partial charge is 0.408 e. The second-order valence-corrected chi connectivity index (χ2v) is 19.3. The number of hydrogen-bond donors (Lipinski definition) is 3. The van der Waals surface area contributed by atoms with Crippen LogP contribution in [0, 0.1) is 11.8 Å². The highest BCUT2D eigenvalue weighted by atomic mass is 32.2. The molecule has 1 saturated heterocycles. The molecule has 0 radical (unpaired) electrons. The Morgan fingerprint density at radius 1 is 1.12 bits per heavy atom. The summed E-state index contributed by atoms with van der Waals surface area (Å²) >= 11 is 0. The summed E-state index contributed by atoms with van der Waals surface area (Å²) in [5.74, 6) is -1.63. The number of benzene rings is 1. The second-order valence-electron chi connectivity index (χ2n) is 17.1. The molecule has 14 nitrogen and oxygen atoms in total. The van der Waals surface area contributed by atoms with Crippen molar-refractivity contribution in [3.63, 3.8) is 0 Å². The number of rotatable bonds is 15. The summed E-state index contributed by atoms with van der Waals surface area (Å²) < 4.78 is 45.6. The fraction of sp³-hybridized carbons (Fsp3) is 0.634. The quantitative estimate of drug-likeness (QED) is 0.163. The van der Waals surface area contributed by atoms with Gasteiger partial charge in [0, 0.05) is 35.7 Å². The Balaban J connectivity index is 1.30. The second kappa shape index (κ2) is 15.9. The van der Waals surface area contributed by atoms with E-state index in [1.54, 1.807) is 33.9 Å². The van der Waals surface area contributed by atoms with E-state index < -0.39 is 73.8 Å². The van der Waals surface area contributed by atoms with Crippen molar-refractivity contribution < 1.29 is 41.8 Å². The highest BCUT2D eigenvalue weighted by molar-refractivity contribution is 7.91. The van der Waals surface area contributed by atoms with Crippen molar-refractivity contribution in [1.29, 1.82) is 0 Å². The zero-order valence-corrected chi connectivity index (χ0v) is 34.4. The van der Waals surface area contributed by atoms with Crippen molar-refractivity contribution >= 4 is 44.6 Å². The number of likely N-dealkylation sites (tertiary alicyclic amines) is 1. The molecular formula is C41H57N5O9S. The number of carbonyl (C=O) groups excluding carboxylic acids is 4. The van der Waals surface area contributed by atoms with Crippen LogP contribution in [0.3, 0.4) is 0 Å². The molecule has 4 aliphatic rings. The van der Waals surface area contributed by atoms with Crippen LogP contribution in [0.1, 0.15) is 105 Å². The van der Waals surface area contributed by atoms with Crippen LogP contribution in [-0.4, -0.2) is 89.3 Å². The standard InChI is InChI=1S/C41H57N5O9S/c1-8-10-11-12-13-27-23-41(27,37(49)45-56(51,52)40(7)18-19-40)44-34(47)31-22-28(54-35-30-15-14-26-17-21-53-33(26)29(30)16-20-42-35)24-46(31)36(48)32(25(3)9-2)43-38(50)55-39(4,5)6/h12-16,20,25,27-28,31-32H,8-11,17-19,21-24H2,1-7H3,(H,43,50)(H,44,47)(H,45,49). The van der Waals surface area contributed by atoms with Crippen LogP contribution >= 0.6 is 0 Å². The van der Waals surface area contributed by atoms with Gasteiger partial charge in [0.15, 0.2) is 0 Å². The number of nitrogens with one attached hydrogen (secondary N) is 3. The first-order valence-corrected chi connectivity index (χ1v) is 21.5. The Labute approximate surface area is 329 Å². The Hall–Kier alpha value is -4.40. The lowest BCUT2D eigenvalue weighted by Crippen LogP contribution is -2.59. The molecule has 1 aromatic carbocycles. The van der Waals surface area contributed by atoms with E-state index in [4.69, 9.17) is 14.2 Å². The van der Waals surface area contributed by atoms with E-state index in [0.29, 0.717) is 31.7 Å². The van der Waals surface area contributed by atoms with Crippen LogP contribution in [0.2, 0.25) is 0 Å². The molecule has 4 amide bonds. The van der Waals surface area contributed by atoms with E-state index in [-0.39, 0.29) is 25.3 Å². The number of ether oxygens (including phenoxy) is 3. The maximum Gasteiger partial charge on any atom is 0.408 e. The highest BCUT2D eigenvalue weighted by Gasteiger charge is 2.63. The summed E-state index contributed by atoms with van der Waals surface area (Å²) in [5, 5.41) is 7.23. The summed E-state index contributed by atoms with van der Waals surface area (Å²) in [4.78, 5) is 62.1. The van der Waals surface area contributed by atoms with E-state index in [1.807, 2.05) is 44.2 Å². The normalized spacial score (nSPS) is 24.8. The van der Waals surface area contributed by atoms with Crippen LogP contribution < -0.4 is 24.8 Å². The first kappa shape index (κ1) is 41.2. The molecule has 1 aromatic heterocycles. The van der Waals surface area contributed by atoms with Crippen molar-refractivity contribution in [3.8, 4) is 11.6 Å². The molecule has 2 aliphatic carbocycles. The molecule has 15 heteroatoms. The minimum atomic E-state index is -4.00. The Morgan fingerprint density at radius 3 is 2.55 bits per heavy atom. The van der Waals surface area contributed by atoms with Crippen molar-refractivity contribution in [2.75, 3.05) is 13.2 Å². The predicted molar refractivity (Wildman–Crippen MR) is 210 cm³/mol. The van der Waals surface area contributed by atoms with Crippen LogP contribution in [-0.2, 0) is 35.6 Å². The first-order valence-electron chi connectivity index (χ1n) is 20.0. The van der Waals surface area contributed by atoms with Crippen molar-refractivity contribution in [2.45, 2.75) is 140 Å². The van der Waals surface area contributed by atoms with Gasteiger partial charge < -0.3 is 29.7 Å². The van der Waals surface area contributed by atoms with Crippen molar-refractivity contribution in [2.24, 2.45) is 11.8 Å². The van der Waals surface area contributed by atoms with Gasteiger partial charge in [-0.2, -0.15) is 0 Å². The Morgan fingerprint density at radius 2 is 1.88 bits per heavy atom. The van der Waals surface area contributed by atoms with Gasteiger partial charge in [-0.15, -0.1) is 0 Å². The number of hydrogen-bond acceptors (Lipinski definition) is 10. The van der Waals surface area contributed by atoms with E-state index in [1.165, 1.54) is 4.90 Å². The molecule has 6 unspecified atom stereocenters. The summed E-state index contributed by atoms with van der Waals surface area (Å²) in [5.41, 5.74) is -1.26. The van der Waals surface area contributed by atoms with Crippen LogP contribution in [0.15, 0.2) is 36.5 Å². The summed E-state index contributed by atoms with van der Waals surface area (Å²) in [7, 11) is -4.00. The number of allylic oxidation sites excluding steroid dienone is 1. The summed E-state index contributed by atoms with van der Waals surface area (Å²) in [6.45, 7) is 13.1. The zero-order chi connectivity index (χ0) is 40.6. The van der Waals surface area contributed by atoms with Gasteiger partial charge in [-0.3, -0.25) is 19.1 Å². The molecule has 2 aromatic rings. The number of fused-ring (bicyclic) bond motifs is 3. The molecule has 3 heterocycles. The lowest BCUT2D eigenvalue weighted by atomic mass is 9.97. The van der Waals surface area contributed by atoms with Crippen LogP contribution in [0.5, 0.6) is 11.6 Å². The average Bonchev–Trinajstić information content (AvgIpc) is 3.91. The average molecular weight is 796 g/mol. The van der Waals surface area contributed by atoms with Crippen LogP contribution in [0.25, 0.3) is 10.8 Å². The number of aromatic nitrogens is 1. The van der Waals surface area contributed by atoms with Gasteiger partial charge >= 0.3 is 6.09 Å². The topological polar surface area (TPSA) is 182 Å². The Kier molecular flexibility index (Phi) is 11.7. The molecule has 2 saturated carbocycles. The molecule has 2 aliphatic heterocycles. The minimum absolute atomic E-state index is 0.0222. The molecule has 306 valence electrons. The monoisotopic (exact) mass is 795 g/mol. The van der Waals surface area contributed by atoms with E-state index in [2.05, 4.69) is 27.3 Å². The number of amides is 4. The molecule has 6 rings (SSSR count). The van der Waals surface area contributed by atoms with E-state index in [0.717, 1.165) is 47.8 Å². The third-order valence-electron chi connectivity index (χ3n) is 11.5. The predicted octanol–water partition coefficient (Wildman–Crippen LogP) is 5.08. The van der Waals surface area contributed by atoms with Crippen LogP contribution in [0.4, 0.5) is 4.79 Å². The molecule has 6 atom stereocenters. The van der Waals surface area contributed by atoms with Crippen molar-refractivity contribution in [3.05, 3.63) is 42.1 Å². The van der Waals surface area contributed by atoms with Gasteiger partial charge in [-0.1, -0.05) is 58.3 Å². The molecule has 0 bridgehead atoms. The zero-order valence-electron chi connectivity index (χ0n) is 33.6. The lowest BCUT2D eigenvalue weighted by molar-refractivity contribution is -0.142. The van der Waals surface area contributed by atoms with Gasteiger partial charge in [0.1, 0.15) is 35.1 Å². The number of pyridine rings is 1. The number of nitrogens with zero attached hydrogens (tertiary/aromatic N) is 2. The lowest BCUT2D eigenvalue weighted by Gasteiger charge is -2.32. The number of unbranched alkanes of at least 4 members (excludes halogenated alkanes) is 2. The Bertz CT molecular complexity index is 1990. The largest absolute Gasteiger partial charge is 0.492 e. The fourth-order valence-corrected chi connectivity index (χ4v) is 8.76. The van der Waals surface area contributed by atoms with E-state index in [9.17, 15) is 27.6 Å². The first-order chi connectivity index (χ1) is 26.4. The third-order valence-corrected chi connectivity index (χ3v) is 13.7. The highest BCUT2D eigenvalue weighted by Crippen LogP contribution is 2.47. The third kappa shape index (κ3) is 8.62. The van der Waals surface area contributed by atoms with Crippen molar-refractivity contribution in [1.82, 2.24) is 25.2 Å². The SMILES string of the molecule is CCCCC=CC1CC1(NC(=O)C1CC(Oc2nccc3c4c(ccc23)CCO4)CN1C(=O)C(NC(=O)OC(C)(C)C)C(C)CC)C(=O)NS(=O)(=O)C1(C)CC1. The maximum atomic E-state index is 14.6. The molecule has 56 heavy (non-hydrogen) atoms. The van der Waals surface area contributed by atoms with Gasteiger partial charge in [0.2, 0.25) is 27.7 Å². The fourth-order valence-electron chi connectivity index (χ4n) is 7.45. The number of alkyl carbamates (subject to hydrolysis) is 1. The summed E-state index contributed by atoms with van der Waals surface area (Å²) in [6, 6.07) is 3.60. The van der Waals surface area contributed by atoms with Gasteiger partial charge in [0.25, 0.3) is 5.91 Å². The minimum Gasteiger partial charge on any atom is -0.492 e. The number of sulfonamides is 1. The van der Waals surface area contributed by atoms with Gasteiger partial charge in [0.05, 0.1) is 17.9 Å². The van der Waals surface area contributed by atoms with Gasteiger partial charge in [-0.25, -0.2) is 18.2 Å². The molecular weight excluding hydrogens is 739 g/mol. The molecule has 0 spiro atoms. The number of carbonyl (C=O) groups is 4.